The average Bonchev–Trinajstić information content (AvgIpc) is 2.54. The van der Waals surface area contributed by atoms with Crippen molar-refractivity contribution in [1.29, 1.82) is 0 Å². The van der Waals surface area contributed by atoms with E-state index in [1.54, 1.807) is 0 Å². The van der Waals surface area contributed by atoms with E-state index in [1.165, 1.54) is 0 Å². The third-order valence-electron chi connectivity index (χ3n) is 3.09. The van der Waals surface area contributed by atoms with Crippen molar-refractivity contribution in [2.24, 2.45) is 0 Å². The second-order valence-corrected chi connectivity index (χ2v) is 5.11. The number of nitrogens with one attached hydrogen (secondary N) is 2. The quantitative estimate of drug-likeness (QED) is 0.853. The van der Waals surface area contributed by atoms with E-state index < -0.39 is 0 Å². The highest BCUT2D eigenvalue weighted by molar-refractivity contribution is 7.80. The average molecular weight is 300 g/mol. The number of rotatable bonds is 3. The van der Waals surface area contributed by atoms with Gasteiger partial charge in [-0.1, -0.05) is 30.3 Å². The molecule has 0 spiro atoms. The van der Waals surface area contributed by atoms with E-state index in [2.05, 4.69) is 10.6 Å². The van der Waals surface area contributed by atoms with Crippen LogP contribution in [0.15, 0.2) is 54.6 Å². The van der Waals surface area contributed by atoms with Crippen molar-refractivity contribution in [3.63, 3.8) is 0 Å². The molecule has 1 aliphatic heterocycles. The molecule has 2 N–H and O–H groups in total. The molecule has 2 aromatic carbocycles. The standard InChI is InChI=1S/C16H16N2O2S/c21-16(18-12-6-2-1-3-7-12)17-10-13-11-19-14-8-4-5-9-15(14)20-13/h1-9,13H,10-11H2,(H2,17,18,21)/t13-/m0/s1. The Bertz CT molecular complexity index is 619. The highest BCUT2D eigenvalue weighted by atomic mass is 32.1. The van der Waals surface area contributed by atoms with Crippen LogP contribution in [-0.4, -0.2) is 24.4 Å². The number of ether oxygens (including phenoxy) is 2. The summed E-state index contributed by atoms with van der Waals surface area (Å²) in [5.41, 5.74) is 0.959. The first-order valence-corrected chi connectivity index (χ1v) is 7.20. The third kappa shape index (κ3) is 3.64. The fraction of sp³-hybridized carbons (Fsp3) is 0.188. The number of thiocarbonyl (C=S) groups is 1. The molecule has 21 heavy (non-hydrogen) atoms. The van der Waals surface area contributed by atoms with E-state index in [9.17, 15) is 0 Å². The maximum Gasteiger partial charge on any atom is 0.170 e. The van der Waals surface area contributed by atoms with Gasteiger partial charge in [0, 0.05) is 5.69 Å². The van der Waals surface area contributed by atoms with Gasteiger partial charge in [-0.15, -0.1) is 0 Å². The minimum Gasteiger partial charge on any atom is -0.486 e. The Morgan fingerprint density at radius 2 is 1.76 bits per heavy atom. The molecule has 0 amide bonds. The van der Waals surface area contributed by atoms with Crippen molar-refractivity contribution >= 4 is 23.0 Å². The van der Waals surface area contributed by atoms with E-state index in [4.69, 9.17) is 21.7 Å². The van der Waals surface area contributed by atoms with Crippen LogP contribution in [0, 0.1) is 0 Å². The van der Waals surface area contributed by atoms with Crippen molar-refractivity contribution in [2.45, 2.75) is 6.10 Å². The maximum atomic E-state index is 5.86. The molecule has 1 heterocycles. The van der Waals surface area contributed by atoms with Crippen molar-refractivity contribution < 1.29 is 9.47 Å². The first-order valence-electron chi connectivity index (χ1n) is 6.79. The minimum absolute atomic E-state index is 0.0598. The Morgan fingerprint density at radius 3 is 2.57 bits per heavy atom. The molecule has 0 aliphatic carbocycles. The van der Waals surface area contributed by atoms with Gasteiger partial charge in [-0.05, 0) is 36.5 Å². The Labute approximate surface area is 129 Å². The smallest absolute Gasteiger partial charge is 0.170 e. The second kappa shape index (κ2) is 6.45. The van der Waals surface area contributed by atoms with Gasteiger partial charge < -0.3 is 20.1 Å². The van der Waals surface area contributed by atoms with Crippen LogP contribution in [0.1, 0.15) is 0 Å². The topological polar surface area (TPSA) is 42.5 Å². The number of anilines is 1. The molecule has 3 rings (SSSR count). The number of fused-ring (bicyclic) bond motifs is 1. The van der Waals surface area contributed by atoms with Crippen LogP contribution in [-0.2, 0) is 0 Å². The molecule has 2 aromatic rings. The van der Waals surface area contributed by atoms with Crippen LogP contribution >= 0.6 is 12.2 Å². The molecule has 0 aromatic heterocycles. The van der Waals surface area contributed by atoms with Gasteiger partial charge in [-0.3, -0.25) is 0 Å². The molecule has 0 radical (unpaired) electrons. The van der Waals surface area contributed by atoms with Crippen LogP contribution in [0.4, 0.5) is 5.69 Å². The number of para-hydroxylation sites is 3. The maximum absolute atomic E-state index is 5.86. The highest BCUT2D eigenvalue weighted by Crippen LogP contribution is 2.30. The molecular formula is C16H16N2O2S. The summed E-state index contributed by atoms with van der Waals surface area (Å²) in [7, 11) is 0. The Kier molecular flexibility index (Phi) is 4.21. The van der Waals surface area contributed by atoms with Crippen molar-refractivity contribution in [2.75, 3.05) is 18.5 Å². The van der Waals surface area contributed by atoms with Gasteiger partial charge in [-0.25, -0.2) is 0 Å². The largest absolute Gasteiger partial charge is 0.486 e. The summed E-state index contributed by atoms with van der Waals surface area (Å²) in [6, 6.07) is 17.5. The second-order valence-electron chi connectivity index (χ2n) is 4.70. The predicted octanol–water partition coefficient (Wildman–Crippen LogP) is 2.81. The molecular weight excluding hydrogens is 284 g/mol. The zero-order valence-electron chi connectivity index (χ0n) is 11.4. The zero-order chi connectivity index (χ0) is 14.5. The molecule has 108 valence electrons. The van der Waals surface area contributed by atoms with Crippen molar-refractivity contribution in [3.8, 4) is 11.5 Å². The van der Waals surface area contributed by atoms with Gasteiger partial charge in [0.05, 0.1) is 6.54 Å². The summed E-state index contributed by atoms with van der Waals surface area (Å²) in [5.74, 6) is 1.57. The summed E-state index contributed by atoms with van der Waals surface area (Å²) >= 11 is 5.26. The lowest BCUT2D eigenvalue weighted by Crippen LogP contribution is -2.42. The molecule has 0 saturated heterocycles. The van der Waals surface area contributed by atoms with Gasteiger partial charge in [0.15, 0.2) is 16.6 Å². The lowest BCUT2D eigenvalue weighted by atomic mass is 10.2. The first-order chi connectivity index (χ1) is 10.3. The number of benzene rings is 2. The molecule has 4 nitrogen and oxygen atoms in total. The van der Waals surface area contributed by atoms with Crippen LogP contribution in [0.2, 0.25) is 0 Å². The van der Waals surface area contributed by atoms with Gasteiger partial charge in [0.25, 0.3) is 0 Å². The molecule has 1 aliphatic rings. The van der Waals surface area contributed by atoms with E-state index >= 15 is 0 Å². The molecule has 0 bridgehead atoms. The molecule has 0 unspecified atom stereocenters. The fourth-order valence-corrected chi connectivity index (χ4v) is 2.27. The summed E-state index contributed by atoms with van der Waals surface area (Å²) < 4.78 is 11.5. The Morgan fingerprint density at radius 1 is 1.05 bits per heavy atom. The Hall–Kier alpha value is -2.27. The highest BCUT2D eigenvalue weighted by Gasteiger charge is 2.20. The first kappa shape index (κ1) is 13.7. The van der Waals surface area contributed by atoms with Crippen LogP contribution in [0.25, 0.3) is 0 Å². The van der Waals surface area contributed by atoms with Gasteiger partial charge in [0.2, 0.25) is 0 Å². The van der Waals surface area contributed by atoms with Gasteiger partial charge in [0.1, 0.15) is 12.7 Å². The van der Waals surface area contributed by atoms with E-state index in [1.807, 2.05) is 54.6 Å². The number of hydrogen-bond donors (Lipinski definition) is 2. The van der Waals surface area contributed by atoms with E-state index in [0.717, 1.165) is 17.2 Å². The summed E-state index contributed by atoms with van der Waals surface area (Å²) in [4.78, 5) is 0. The van der Waals surface area contributed by atoms with E-state index in [-0.39, 0.29) is 6.10 Å². The van der Waals surface area contributed by atoms with Crippen LogP contribution < -0.4 is 20.1 Å². The van der Waals surface area contributed by atoms with Gasteiger partial charge >= 0.3 is 0 Å². The minimum atomic E-state index is -0.0598. The summed E-state index contributed by atoms with van der Waals surface area (Å²) in [6.07, 6.45) is -0.0598. The fourth-order valence-electron chi connectivity index (χ4n) is 2.07. The summed E-state index contributed by atoms with van der Waals surface area (Å²) in [5, 5.41) is 6.84. The van der Waals surface area contributed by atoms with E-state index in [0.29, 0.717) is 18.3 Å². The predicted molar refractivity (Wildman–Crippen MR) is 87.0 cm³/mol. The van der Waals surface area contributed by atoms with Crippen LogP contribution in [0.5, 0.6) is 11.5 Å². The van der Waals surface area contributed by atoms with Crippen molar-refractivity contribution in [1.82, 2.24) is 5.32 Å². The van der Waals surface area contributed by atoms with Crippen LogP contribution in [0.3, 0.4) is 0 Å². The Balaban J connectivity index is 1.49. The molecule has 1 atom stereocenters. The lowest BCUT2D eigenvalue weighted by Gasteiger charge is -2.26. The normalized spacial score (nSPS) is 16.1. The number of hydrogen-bond acceptors (Lipinski definition) is 3. The third-order valence-corrected chi connectivity index (χ3v) is 3.34. The van der Waals surface area contributed by atoms with Gasteiger partial charge in [-0.2, -0.15) is 0 Å². The van der Waals surface area contributed by atoms with Crippen molar-refractivity contribution in [3.05, 3.63) is 54.6 Å². The molecule has 0 fully saturated rings. The summed E-state index contributed by atoms with van der Waals surface area (Å²) in [6.45, 7) is 1.10. The SMILES string of the molecule is S=C(NC[C@H]1COc2ccccc2O1)Nc1ccccc1. The monoisotopic (exact) mass is 300 g/mol. The molecule has 0 saturated carbocycles. The zero-order valence-corrected chi connectivity index (χ0v) is 12.2. The molecule has 5 heteroatoms. The lowest BCUT2D eigenvalue weighted by molar-refractivity contribution is 0.0939.